The van der Waals surface area contributed by atoms with E-state index >= 15 is 0 Å². The molecule has 110 valence electrons. The molecule has 0 spiro atoms. The van der Waals surface area contributed by atoms with Gasteiger partial charge in [0, 0.05) is 32.7 Å². The first-order chi connectivity index (χ1) is 9.71. The lowest BCUT2D eigenvalue weighted by Gasteiger charge is -2.11. The Hall–Kier alpha value is -2.04. The third-order valence-corrected chi connectivity index (χ3v) is 2.95. The van der Waals surface area contributed by atoms with Crippen LogP contribution in [-0.4, -0.2) is 32.5 Å². The lowest BCUT2D eigenvalue weighted by atomic mass is 10.1. The summed E-state index contributed by atoms with van der Waals surface area (Å²) in [5.74, 6) is 0.732. The third-order valence-electron chi connectivity index (χ3n) is 2.95. The van der Waals surface area contributed by atoms with Crippen LogP contribution in [0, 0.1) is 0 Å². The molecule has 0 aromatic heterocycles. The smallest absolute Gasteiger partial charge is 0.251 e. The Bertz CT molecular complexity index is 440. The Labute approximate surface area is 120 Å². The van der Waals surface area contributed by atoms with E-state index in [9.17, 15) is 4.79 Å². The first-order valence-electron chi connectivity index (χ1n) is 6.96. The molecule has 0 aliphatic carbocycles. The summed E-state index contributed by atoms with van der Waals surface area (Å²) in [5.41, 5.74) is 1.78. The zero-order valence-corrected chi connectivity index (χ0v) is 12.5. The average Bonchev–Trinajstić information content (AvgIpc) is 2.50. The molecule has 5 heteroatoms. The van der Waals surface area contributed by atoms with Crippen LogP contribution in [0.3, 0.4) is 0 Å². The van der Waals surface area contributed by atoms with Crippen LogP contribution < -0.4 is 16.0 Å². The minimum absolute atomic E-state index is 0.0680. The van der Waals surface area contributed by atoms with Crippen molar-refractivity contribution in [1.29, 1.82) is 0 Å². The quantitative estimate of drug-likeness (QED) is 0.419. The van der Waals surface area contributed by atoms with Gasteiger partial charge < -0.3 is 16.0 Å². The van der Waals surface area contributed by atoms with Crippen LogP contribution in [0.15, 0.2) is 29.3 Å². The highest BCUT2D eigenvalue weighted by Gasteiger charge is 2.02. The fraction of sp³-hybridized carbons (Fsp3) is 0.467. The standard InChI is InChI=1S/C15H24N4O/c1-4-5-10-18-15(17-3)19-11-12-6-8-13(9-7-12)14(20)16-2/h6-9H,4-5,10-11H2,1-3H3,(H,16,20)(H2,17,18,19). The van der Waals surface area contributed by atoms with E-state index in [1.807, 2.05) is 24.3 Å². The minimum Gasteiger partial charge on any atom is -0.356 e. The van der Waals surface area contributed by atoms with Gasteiger partial charge in [-0.2, -0.15) is 0 Å². The van der Waals surface area contributed by atoms with Gasteiger partial charge in [0.25, 0.3) is 5.91 Å². The second-order valence-electron chi connectivity index (χ2n) is 4.48. The first-order valence-corrected chi connectivity index (χ1v) is 6.96. The van der Waals surface area contributed by atoms with Gasteiger partial charge >= 0.3 is 0 Å². The number of amides is 1. The largest absolute Gasteiger partial charge is 0.356 e. The van der Waals surface area contributed by atoms with Gasteiger partial charge in [-0.3, -0.25) is 9.79 Å². The Kier molecular flexibility index (Phi) is 7.17. The second-order valence-corrected chi connectivity index (χ2v) is 4.48. The molecule has 0 fully saturated rings. The van der Waals surface area contributed by atoms with Gasteiger partial charge in [-0.15, -0.1) is 0 Å². The highest BCUT2D eigenvalue weighted by atomic mass is 16.1. The number of nitrogens with one attached hydrogen (secondary N) is 3. The number of hydrogen-bond donors (Lipinski definition) is 3. The molecule has 0 saturated heterocycles. The topological polar surface area (TPSA) is 65.5 Å². The summed E-state index contributed by atoms with van der Waals surface area (Å²) in [6.07, 6.45) is 2.28. The molecule has 0 aliphatic heterocycles. The number of guanidine groups is 1. The number of benzene rings is 1. The zero-order valence-electron chi connectivity index (χ0n) is 12.5. The van der Waals surface area contributed by atoms with E-state index in [1.54, 1.807) is 14.1 Å². The minimum atomic E-state index is -0.0680. The fourth-order valence-corrected chi connectivity index (χ4v) is 1.71. The molecule has 0 bridgehead atoms. The summed E-state index contributed by atoms with van der Waals surface area (Å²) in [5, 5.41) is 9.10. The van der Waals surface area contributed by atoms with Crippen molar-refractivity contribution in [3.63, 3.8) is 0 Å². The summed E-state index contributed by atoms with van der Waals surface area (Å²) < 4.78 is 0. The van der Waals surface area contributed by atoms with Gasteiger partial charge in [-0.25, -0.2) is 0 Å². The van der Waals surface area contributed by atoms with Crippen molar-refractivity contribution < 1.29 is 4.79 Å². The number of aliphatic imine (C=N–C) groups is 1. The summed E-state index contributed by atoms with van der Waals surface area (Å²) in [7, 11) is 3.39. The van der Waals surface area contributed by atoms with E-state index in [4.69, 9.17) is 0 Å². The van der Waals surface area contributed by atoms with E-state index < -0.39 is 0 Å². The highest BCUT2D eigenvalue weighted by molar-refractivity contribution is 5.93. The SMILES string of the molecule is CCCCNC(=NC)NCc1ccc(C(=O)NC)cc1. The number of hydrogen-bond acceptors (Lipinski definition) is 2. The third kappa shape index (κ3) is 5.30. The van der Waals surface area contributed by atoms with Crippen molar-refractivity contribution in [1.82, 2.24) is 16.0 Å². The summed E-state index contributed by atoms with van der Waals surface area (Å²) >= 11 is 0. The van der Waals surface area contributed by atoms with Crippen molar-refractivity contribution in [2.24, 2.45) is 4.99 Å². The van der Waals surface area contributed by atoms with Crippen LogP contribution in [0.25, 0.3) is 0 Å². The zero-order chi connectivity index (χ0) is 14.8. The van der Waals surface area contributed by atoms with Gasteiger partial charge in [-0.1, -0.05) is 25.5 Å². The molecule has 5 nitrogen and oxygen atoms in total. The summed E-state index contributed by atoms with van der Waals surface area (Å²) in [6.45, 7) is 3.76. The molecule has 0 radical (unpaired) electrons. The normalized spacial score (nSPS) is 11.1. The molecule has 3 N–H and O–H groups in total. The van der Waals surface area contributed by atoms with E-state index in [2.05, 4.69) is 27.9 Å². The van der Waals surface area contributed by atoms with Crippen LogP contribution in [0.2, 0.25) is 0 Å². The first kappa shape index (κ1) is 16.0. The molecule has 1 amide bonds. The van der Waals surface area contributed by atoms with Crippen molar-refractivity contribution in [3.05, 3.63) is 35.4 Å². The van der Waals surface area contributed by atoms with Gasteiger partial charge in [-0.05, 0) is 24.1 Å². The van der Waals surface area contributed by atoms with E-state index in [0.29, 0.717) is 12.1 Å². The molecule has 20 heavy (non-hydrogen) atoms. The van der Waals surface area contributed by atoms with Crippen molar-refractivity contribution in [2.75, 3.05) is 20.6 Å². The second kappa shape index (κ2) is 8.96. The number of nitrogens with zero attached hydrogens (tertiary/aromatic N) is 1. The summed E-state index contributed by atoms with van der Waals surface area (Å²) in [6, 6.07) is 7.53. The van der Waals surface area contributed by atoms with Gasteiger partial charge in [0.1, 0.15) is 0 Å². The maximum atomic E-state index is 11.4. The van der Waals surface area contributed by atoms with E-state index in [0.717, 1.165) is 30.9 Å². The van der Waals surface area contributed by atoms with Crippen LogP contribution in [0.5, 0.6) is 0 Å². The number of unbranched alkanes of at least 4 members (excludes halogenated alkanes) is 1. The lowest BCUT2D eigenvalue weighted by molar-refractivity contribution is 0.0963. The molecule has 1 aromatic carbocycles. The van der Waals surface area contributed by atoms with Crippen molar-refractivity contribution >= 4 is 11.9 Å². The number of rotatable bonds is 6. The van der Waals surface area contributed by atoms with E-state index in [-0.39, 0.29) is 5.91 Å². The molecule has 0 saturated carbocycles. The maximum absolute atomic E-state index is 11.4. The maximum Gasteiger partial charge on any atom is 0.251 e. The monoisotopic (exact) mass is 276 g/mol. The molecular weight excluding hydrogens is 252 g/mol. The van der Waals surface area contributed by atoms with Crippen LogP contribution in [0.1, 0.15) is 35.7 Å². The molecule has 0 atom stereocenters. The van der Waals surface area contributed by atoms with Crippen LogP contribution >= 0.6 is 0 Å². The van der Waals surface area contributed by atoms with Crippen molar-refractivity contribution in [3.8, 4) is 0 Å². The fourth-order valence-electron chi connectivity index (χ4n) is 1.71. The van der Waals surface area contributed by atoms with Gasteiger partial charge in [0.2, 0.25) is 0 Å². The molecule has 1 aromatic rings. The van der Waals surface area contributed by atoms with Crippen LogP contribution in [0.4, 0.5) is 0 Å². The molecule has 0 heterocycles. The lowest BCUT2D eigenvalue weighted by Crippen LogP contribution is -2.37. The Morgan fingerprint density at radius 2 is 1.90 bits per heavy atom. The van der Waals surface area contributed by atoms with Crippen molar-refractivity contribution in [2.45, 2.75) is 26.3 Å². The number of carbonyl (C=O) groups excluding carboxylic acids is 1. The predicted molar refractivity (Wildman–Crippen MR) is 82.9 cm³/mol. The van der Waals surface area contributed by atoms with Gasteiger partial charge in [0.15, 0.2) is 5.96 Å². The Morgan fingerprint density at radius 1 is 1.20 bits per heavy atom. The average molecular weight is 276 g/mol. The molecule has 0 unspecified atom stereocenters. The van der Waals surface area contributed by atoms with E-state index in [1.165, 1.54) is 0 Å². The highest BCUT2D eigenvalue weighted by Crippen LogP contribution is 2.04. The predicted octanol–water partition coefficient (Wildman–Crippen LogP) is 1.51. The molecular formula is C15H24N4O. The number of carbonyl (C=O) groups is 1. The van der Waals surface area contributed by atoms with Gasteiger partial charge in [0.05, 0.1) is 0 Å². The Balaban J connectivity index is 2.46. The summed E-state index contributed by atoms with van der Waals surface area (Å²) in [4.78, 5) is 15.6. The Morgan fingerprint density at radius 3 is 2.45 bits per heavy atom. The molecule has 0 aliphatic rings. The van der Waals surface area contributed by atoms with Crippen LogP contribution in [-0.2, 0) is 6.54 Å². The molecule has 1 rings (SSSR count).